The van der Waals surface area contributed by atoms with Crippen LogP contribution in [0.25, 0.3) is 0 Å². The maximum atomic E-state index is 13.4. The molecule has 0 spiro atoms. The van der Waals surface area contributed by atoms with E-state index in [0.717, 1.165) is 22.3 Å². The second kappa shape index (κ2) is 11.0. The number of ether oxygens (including phenoxy) is 2. The molecule has 1 unspecified atom stereocenters. The van der Waals surface area contributed by atoms with Crippen molar-refractivity contribution in [1.29, 1.82) is 0 Å². The molecule has 188 valence electrons. The summed E-state index contributed by atoms with van der Waals surface area (Å²) in [5.74, 6) is 0.900. The molecule has 7 nitrogen and oxygen atoms in total. The van der Waals surface area contributed by atoms with Crippen molar-refractivity contribution in [3.63, 3.8) is 0 Å². The van der Waals surface area contributed by atoms with Gasteiger partial charge in [-0.3, -0.25) is 9.59 Å². The van der Waals surface area contributed by atoms with Gasteiger partial charge in [-0.25, -0.2) is 0 Å². The van der Waals surface area contributed by atoms with Crippen LogP contribution in [0.15, 0.2) is 95.6 Å². The minimum absolute atomic E-state index is 0.216. The Balaban J connectivity index is 1.28. The number of nitrogens with one attached hydrogen (secondary N) is 1. The van der Waals surface area contributed by atoms with Gasteiger partial charge in [0, 0.05) is 19.5 Å². The van der Waals surface area contributed by atoms with Gasteiger partial charge in [0.1, 0.15) is 12.6 Å². The number of carbonyl (C=O) groups is 2. The molecular weight excluding hydrogens is 468 g/mol. The third-order valence-corrected chi connectivity index (χ3v) is 6.48. The maximum Gasteiger partial charge on any atom is 0.290 e. The maximum absolute atomic E-state index is 13.4. The zero-order valence-corrected chi connectivity index (χ0v) is 20.6. The van der Waals surface area contributed by atoms with Crippen LogP contribution in [-0.4, -0.2) is 29.9 Å². The van der Waals surface area contributed by atoms with Crippen LogP contribution in [0.5, 0.6) is 11.5 Å². The van der Waals surface area contributed by atoms with E-state index < -0.39 is 6.04 Å². The van der Waals surface area contributed by atoms with E-state index in [0.29, 0.717) is 31.1 Å². The van der Waals surface area contributed by atoms with Crippen molar-refractivity contribution in [3.8, 4) is 11.5 Å². The molecule has 2 amide bonds. The van der Waals surface area contributed by atoms with Crippen LogP contribution in [0.3, 0.4) is 0 Å². The molecule has 0 bridgehead atoms. The lowest BCUT2D eigenvalue weighted by Gasteiger charge is -2.35. The summed E-state index contributed by atoms with van der Waals surface area (Å²) in [4.78, 5) is 28.1. The lowest BCUT2D eigenvalue weighted by molar-refractivity contribution is -0.126. The standard InChI is InChI=1S/C30H28N2O5/c1-35-28-16-22(13-14-26(28)37-20-21-8-3-2-4-9-21)18-31-29(33)25-17-23-10-5-6-11-24(23)19-32(25)30(34)27-12-7-15-36-27/h2-16,25H,17-20H2,1H3,(H,31,33). The minimum atomic E-state index is -0.650. The number of nitrogens with zero attached hydrogens (tertiary/aromatic N) is 1. The lowest BCUT2D eigenvalue weighted by atomic mass is 9.93. The summed E-state index contributed by atoms with van der Waals surface area (Å²) in [6, 6.07) is 26.0. The first-order chi connectivity index (χ1) is 18.1. The third-order valence-electron chi connectivity index (χ3n) is 6.48. The van der Waals surface area contributed by atoms with E-state index in [4.69, 9.17) is 13.9 Å². The fraction of sp³-hybridized carbons (Fsp3) is 0.200. The van der Waals surface area contributed by atoms with Gasteiger partial charge in [-0.15, -0.1) is 0 Å². The Hall–Kier alpha value is -4.52. The van der Waals surface area contributed by atoms with Gasteiger partial charge in [0.2, 0.25) is 5.91 Å². The minimum Gasteiger partial charge on any atom is -0.493 e. The summed E-state index contributed by atoms with van der Waals surface area (Å²) in [6.45, 7) is 1.06. The summed E-state index contributed by atoms with van der Waals surface area (Å²) in [5, 5.41) is 3.00. The number of fused-ring (bicyclic) bond motifs is 1. The third kappa shape index (κ3) is 5.51. The first-order valence-corrected chi connectivity index (χ1v) is 12.1. The number of carbonyl (C=O) groups excluding carboxylic acids is 2. The average Bonchev–Trinajstić information content (AvgIpc) is 3.49. The highest BCUT2D eigenvalue weighted by molar-refractivity contribution is 5.96. The van der Waals surface area contributed by atoms with Crippen LogP contribution in [-0.2, 0) is 30.9 Å². The second-order valence-corrected chi connectivity index (χ2v) is 8.88. The molecule has 37 heavy (non-hydrogen) atoms. The van der Waals surface area contributed by atoms with Crippen LogP contribution in [0.1, 0.15) is 32.8 Å². The Morgan fingerprint density at radius 1 is 0.919 bits per heavy atom. The molecule has 0 aliphatic carbocycles. The van der Waals surface area contributed by atoms with Gasteiger partial charge in [0.25, 0.3) is 5.91 Å². The SMILES string of the molecule is COc1cc(CNC(=O)C2Cc3ccccc3CN2C(=O)c2ccco2)ccc1OCc1ccccc1. The van der Waals surface area contributed by atoms with E-state index in [1.54, 1.807) is 24.1 Å². The monoisotopic (exact) mass is 496 g/mol. The van der Waals surface area contributed by atoms with Gasteiger partial charge in [-0.2, -0.15) is 0 Å². The van der Waals surface area contributed by atoms with E-state index in [1.807, 2.05) is 72.8 Å². The molecule has 1 aliphatic rings. The van der Waals surface area contributed by atoms with Crippen molar-refractivity contribution in [1.82, 2.24) is 10.2 Å². The quantitative estimate of drug-likeness (QED) is 0.381. The number of methoxy groups -OCH3 is 1. The highest BCUT2D eigenvalue weighted by Gasteiger charge is 2.35. The molecule has 0 saturated carbocycles. The molecule has 1 N–H and O–H groups in total. The first kappa shape index (κ1) is 24.2. The predicted octanol–water partition coefficient (Wildman–Crippen LogP) is 4.75. The van der Waals surface area contributed by atoms with Crippen LogP contribution >= 0.6 is 0 Å². The van der Waals surface area contributed by atoms with E-state index >= 15 is 0 Å². The van der Waals surface area contributed by atoms with Crippen molar-refractivity contribution in [2.24, 2.45) is 0 Å². The van der Waals surface area contributed by atoms with Gasteiger partial charge >= 0.3 is 0 Å². The summed E-state index contributed by atoms with van der Waals surface area (Å²) in [5.41, 5.74) is 4.01. The van der Waals surface area contributed by atoms with Crippen molar-refractivity contribution in [2.75, 3.05) is 7.11 Å². The zero-order chi connectivity index (χ0) is 25.6. The molecule has 2 heterocycles. The van der Waals surface area contributed by atoms with Gasteiger partial charge in [0.15, 0.2) is 17.3 Å². The van der Waals surface area contributed by atoms with Crippen LogP contribution in [0.2, 0.25) is 0 Å². The molecule has 1 aromatic heterocycles. The Kier molecular flexibility index (Phi) is 7.21. The fourth-order valence-corrected chi connectivity index (χ4v) is 4.50. The van der Waals surface area contributed by atoms with E-state index in [2.05, 4.69) is 5.32 Å². The molecule has 4 aromatic rings. The molecule has 1 aliphatic heterocycles. The van der Waals surface area contributed by atoms with E-state index in [9.17, 15) is 9.59 Å². The second-order valence-electron chi connectivity index (χ2n) is 8.88. The summed E-state index contributed by atoms with van der Waals surface area (Å²) >= 11 is 0. The van der Waals surface area contributed by atoms with Crippen molar-refractivity contribution in [2.45, 2.75) is 32.2 Å². The molecular formula is C30H28N2O5. The number of hydrogen-bond acceptors (Lipinski definition) is 5. The number of rotatable bonds is 8. The van der Waals surface area contributed by atoms with Gasteiger partial charge in [0.05, 0.1) is 13.4 Å². The molecule has 5 rings (SSSR count). The lowest BCUT2D eigenvalue weighted by Crippen LogP contribution is -2.52. The molecule has 0 saturated heterocycles. The van der Waals surface area contributed by atoms with Crippen molar-refractivity contribution < 1.29 is 23.5 Å². The summed E-state index contributed by atoms with van der Waals surface area (Å²) < 4.78 is 16.8. The molecule has 1 atom stereocenters. The highest BCUT2D eigenvalue weighted by Crippen LogP contribution is 2.29. The highest BCUT2D eigenvalue weighted by atomic mass is 16.5. The molecule has 0 radical (unpaired) electrons. The van der Waals surface area contributed by atoms with Gasteiger partial charge < -0.3 is 24.1 Å². The predicted molar refractivity (Wildman–Crippen MR) is 138 cm³/mol. The zero-order valence-electron chi connectivity index (χ0n) is 20.6. The first-order valence-electron chi connectivity index (χ1n) is 12.1. The summed E-state index contributed by atoms with van der Waals surface area (Å²) in [6.07, 6.45) is 1.89. The van der Waals surface area contributed by atoms with Crippen LogP contribution in [0.4, 0.5) is 0 Å². The number of benzene rings is 3. The molecule has 0 fully saturated rings. The smallest absolute Gasteiger partial charge is 0.290 e. The van der Waals surface area contributed by atoms with Crippen molar-refractivity contribution >= 4 is 11.8 Å². The normalized spacial score (nSPS) is 14.5. The molecule has 3 aromatic carbocycles. The van der Waals surface area contributed by atoms with Crippen molar-refractivity contribution in [3.05, 3.63) is 119 Å². The van der Waals surface area contributed by atoms with Crippen LogP contribution < -0.4 is 14.8 Å². The number of amides is 2. The Morgan fingerprint density at radius 3 is 2.46 bits per heavy atom. The van der Waals surface area contributed by atoms with Gasteiger partial charge in [-0.1, -0.05) is 60.7 Å². The fourth-order valence-electron chi connectivity index (χ4n) is 4.50. The molecule has 7 heteroatoms. The summed E-state index contributed by atoms with van der Waals surface area (Å²) in [7, 11) is 1.59. The Morgan fingerprint density at radius 2 is 1.70 bits per heavy atom. The number of hydrogen-bond donors (Lipinski definition) is 1. The Bertz CT molecular complexity index is 1370. The van der Waals surface area contributed by atoms with Gasteiger partial charge in [-0.05, 0) is 46.5 Å². The largest absolute Gasteiger partial charge is 0.493 e. The van der Waals surface area contributed by atoms with Crippen LogP contribution in [0, 0.1) is 0 Å². The topological polar surface area (TPSA) is 81.0 Å². The van der Waals surface area contributed by atoms with E-state index in [1.165, 1.54) is 6.26 Å². The number of furan rings is 1. The average molecular weight is 497 g/mol. The van der Waals surface area contributed by atoms with E-state index in [-0.39, 0.29) is 24.1 Å². The Labute approximate surface area is 215 Å².